The van der Waals surface area contributed by atoms with E-state index in [2.05, 4.69) is 5.32 Å². The van der Waals surface area contributed by atoms with Crippen LogP contribution in [0.15, 0.2) is 48.5 Å². The molecule has 0 aliphatic rings. The van der Waals surface area contributed by atoms with Gasteiger partial charge in [-0.25, -0.2) is 0 Å². The Morgan fingerprint density at radius 1 is 1.14 bits per heavy atom. The lowest BCUT2D eigenvalue weighted by atomic mass is 10.1. The predicted molar refractivity (Wildman–Crippen MR) is 86.6 cm³/mol. The maximum absolute atomic E-state index is 12.1. The molecule has 0 bridgehead atoms. The van der Waals surface area contributed by atoms with Crippen LogP contribution in [0.4, 0.5) is 5.69 Å². The number of carbonyl (C=O) groups excluding carboxylic acids is 2. The largest absolute Gasteiger partial charge is 0.481 e. The molecular formula is C17H16ClNO3. The molecule has 4 nitrogen and oxygen atoms in total. The van der Waals surface area contributed by atoms with Gasteiger partial charge in [-0.1, -0.05) is 23.7 Å². The second kappa shape index (κ2) is 7.09. The van der Waals surface area contributed by atoms with Crippen molar-refractivity contribution in [3.63, 3.8) is 0 Å². The Balaban J connectivity index is 2.00. The van der Waals surface area contributed by atoms with Crippen molar-refractivity contribution < 1.29 is 14.3 Å². The van der Waals surface area contributed by atoms with Crippen molar-refractivity contribution in [1.29, 1.82) is 0 Å². The summed E-state index contributed by atoms with van der Waals surface area (Å²) in [7, 11) is 0. The molecule has 1 amide bonds. The number of hydrogen-bond acceptors (Lipinski definition) is 3. The molecule has 0 aliphatic heterocycles. The van der Waals surface area contributed by atoms with E-state index in [1.165, 1.54) is 6.92 Å². The van der Waals surface area contributed by atoms with Crippen LogP contribution in [-0.4, -0.2) is 17.8 Å². The molecular weight excluding hydrogens is 302 g/mol. The predicted octanol–water partition coefficient (Wildman–Crippen LogP) is 3.95. The lowest BCUT2D eigenvalue weighted by molar-refractivity contribution is -0.122. The van der Waals surface area contributed by atoms with Gasteiger partial charge in [0, 0.05) is 16.3 Å². The van der Waals surface area contributed by atoms with Crippen LogP contribution in [0.3, 0.4) is 0 Å². The molecule has 2 rings (SSSR count). The summed E-state index contributed by atoms with van der Waals surface area (Å²) in [5.74, 6) is 0.144. The molecule has 0 aliphatic carbocycles. The van der Waals surface area contributed by atoms with Gasteiger partial charge in [-0.05, 0) is 50.2 Å². The number of ether oxygens (including phenoxy) is 1. The number of anilines is 1. The molecule has 2 aromatic rings. The number of halogens is 1. The molecule has 0 aromatic heterocycles. The molecule has 1 N–H and O–H groups in total. The Labute approximate surface area is 134 Å². The van der Waals surface area contributed by atoms with Crippen LogP contribution in [0.2, 0.25) is 5.02 Å². The zero-order valence-corrected chi connectivity index (χ0v) is 13.1. The minimum absolute atomic E-state index is 0.0521. The van der Waals surface area contributed by atoms with E-state index in [0.29, 0.717) is 22.0 Å². The van der Waals surface area contributed by atoms with Gasteiger partial charge in [-0.15, -0.1) is 0 Å². The fourth-order valence-corrected chi connectivity index (χ4v) is 1.95. The Morgan fingerprint density at radius 3 is 2.45 bits per heavy atom. The van der Waals surface area contributed by atoms with Crippen molar-refractivity contribution in [1.82, 2.24) is 0 Å². The van der Waals surface area contributed by atoms with Crippen LogP contribution in [0.25, 0.3) is 0 Å². The average Bonchev–Trinajstić information content (AvgIpc) is 2.49. The first-order valence-corrected chi connectivity index (χ1v) is 7.17. The highest BCUT2D eigenvalue weighted by molar-refractivity contribution is 6.30. The minimum atomic E-state index is -0.696. The van der Waals surface area contributed by atoms with Gasteiger partial charge < -0.3 is 10.1 Å². The summed E-state index contributed by atoms with van der Waals surface area (Å²) in [6, 6.07) is 13.6. The van der Waals surface area contributed by atoms with E-state index in [1.54, 1.807) is 55.5 Å². The standard InChI is InChI=1S/C17H16ClNO3/c1-11(20)13-4-3-5-16(10-13)22-12(2)17(21)19-15-8-6-14(18)7-9-15/h3-10,12H,1-2H3,(H,19,21)/t12-/m1/s1. The smallest absolute Gasteiger partial charge is 0.265 e. The van der Waals surface area contributed by atoms with Crippen LogP contribution in [-0.2, 0) is 4.79 Å². The summed E-state index contributed by atoms with van der Waals surface area (Å²) in [6.45, 7) is 3.13. The Hall–Kier alpha value is -2.33. The molecule has 1 atom stereocenters. The van der Waals surface area contributed by atoms with Crippen molar-refractivity contribution in [3.05, 3.63) is 59.1 Å². The molecule has 22 heavy (non-hydrogen) atoms. The average molecular weight is 318 g/mol. The van der Waals surface area contributed by atoms with E-state index >= 15 is 0 Å². The first-order valence-electron chi connectivity index (χ1n) is 6.80. The molecule has 0 radical (unpaired) electrons. The number of nitrogens with one attached hydrogen (secondary N) is 1. The first kappa shape index (κ1) is 16.0. The summed E-state index contributed by atoms with van der Waals surface area (Å²) in [5.41, 5.74) is 1.19. The topological polar surface area (TPSA) is 55.4 Å². The van der Waals surface area contributed by atoms with Gasteiger partial charge in [0.1, 0.15) is 5.75 Å². The van der Waals surface area contributed by atoms with Crippen LogP contribution >= 0.6 is 11.6 Å². The molecule has 114 valence electrons. The molecule has 0 fully saturated rings. The van der Waals surface area contributed by atoms with Crippen molar-refractivity contribution >= 4 is 29.0 Å². The van der Waals surface area contributed by atoms with Crippen molar-refractivity contribution in [2.75, 3.05) is 5.32 Å². The second-order valence-corrected chi connectivity index (χ2v) is 5.28. The number of benzene rings is 2. The zero-order valence-electron chi connectivity index (χ0n) is 12.3. The number of carbonyl (C=O) groups is 2. The third-order valence-electron chi connectivity index (χ3n) is 3.03. The summed E-state index contributed by atoms with van der Waals surface area (Å²) >= 11 is 5.79. The number of hydrogen-bond donors (Lipinski definition) is 1. The Morgan fingerprint density at radius 2 is 1.82 bits per heavy atom. The van der Waals surface area contributed by atoms with Crippen LogP contribution in [0.5, 0.6) is 5.75 Å². The molecule has 0 saturated heterocycles. The van der Waals surface area contributed by atoms with Gasteiger partial charge >= 0.3 is 0 Å². The van der Waals surface area contributed by atoms with Gasteiger partial charge in [0.25, 0.3) is 5.91 Å². The van der Waals surface area contributed by atoms with Crippen molar-refractivity contribution in [2.24, 2.45) is 0 Å². The van der Waals surface area contributed by atoms with E-state index < -0.39 is 6.10 Å². The van der Waals surface area contributed by atoms with E-state index in [0.717, 1.165) is 0 Å². The summed E-state index contributed by atoms with van der Waals surface area (Å²) < 4.78 is 5.57. The van der Waals surface area contributed by atoms with Gasteiger partial charge in [-0.2, -0.15) is 0 Å². The molecule has 5 heteroatoms. The fraction of sp³-hybridized carbons (Fsp3) is 0.176. The lowest BCUT2D eigenvalue weighted by Gasteiger charge is -2.15. The number of ketones is 1. The van der Waals surface area contributed by atoms with Crippen LogP contribution in [0.1, 0.15) is 24.2 Å². The van der Waals surface area contributed by atoms with E-state index in [-0.39, 0.29) is 11.7 Å². The summed E-state index contributed by atoms with van der Waals surface area (Å²) in [4.78, 5) is 23.4. The monoisotopic (exact) mass is 317 g/mol. The third kappa shape index (κ3) is 4.33. The first-order chi connectivity index (χ1) is 10.5. The number of rotatable bonds is 5. The number of Topliss-reactive ketones (excluding diaryl/α,β-unsaturated/α-hetero) is 1. The highest BCUT2D eigenvalue weighted by atomic mass is 35.5. The Bertz CT molecular complexity index is 683. The second-order valence-electron chi connectivity index (χ2n) is 4.84. The van der Waals surface area contributed by atoms with Crippen LogP contribution in [0, 0.1) is 0 Å². The normalized spacial score (nSPS) is 11.6. The maximum Gasteiger partial charge on any atom is 0.265 e. The zero-order chi connectivity index (χ0) is 16.1. The summed E-state index contributed by atoms with van der Waals surface area (Å²) in [5, 5.41) is 3.34. The lowest BCUT2D eigenvalue weighted by Crippen LogP contribution is -2.30. The fourth-order valence-electron chi connectivity index (χ4n) is 1.82. The van der Waals surface area contributed by atoms with E-state index in [9.17, 15) is 9.59 Å². The van der Waals surface area contributed by atoms with Crippen LogP contribution < -0.4 is 10.1 Å². The number of amides is 1. The Kier molecular flexibility index (Phi) is 5.17. The molecule has 2 aromatic carbocycles. The van der Waals surface area contributed by atoms with Gasteiger partial charge in [0.05, 0.1) is 0 Å². The van der Waals surface area contributed by atoms with Crippen molar-refractivity contribution in [2.45, 2.75) is 20.0 Å². The van der Waals surface area contributed by atoms with E-state index in [1.807, 2.05) is 0 Å². The van der Waals surface area contributed by atoms with E-state index in [4.69, 9.17) is 16.3 Å². The molecule has 0 saturated carbocycles. The van der Waals surface area contributed by atoms with Gasteiger partial charge in [-0.3, -0.25) is 9.59 Å². The van der Waals surface area contributed by atoms with Gasteiger partial charge in [0.2, 0.25) is 0 Å². The third-order valence-corrected chi connectivity index (χ3v) is 3.29. The molecule has 0 unspecified atom stereocenters. The highest BCUT2D eigenvalue weighted by Gasteiger charge is 2.15. The van der Waals surface area contributed by atoms with Crippen molar-refractivity contribution in [3.8, 4) is 5.75 Å². The summed E-state index contributed by atoms with van der Waals surface area (Å²) in [6.07, 6.45) is -0.696. The molecule has 0 spiro atoms. The maximum atomic E-state index is 12.1. The molecule has 0 heterocycles. The SMILES string of the molecule is CC(=O)c1cccc(O[C@H](C)C(=O)Nc2ccc(Cl)cc2)c1. The highest BCUT2D eigenvalue weighted by Crippen LogP contribution is 2.17. The quantitative estimate of drug-likeness (QED) is 0.850. The minimum Gasteiger partial charge on any atom is -0.481 e. The van der Waals surface area contributed by atoms with Gasteiger partial charge in [0.15, 0.2) is 11.9 Å².